The summed E-state index contributed by atoms with van der Waals surface area (Å²) in [5.74, 6) is 0.562. The highest BCUT2D eigenvalue weighted by Gasteiger charge is 2.23. The molecular formula is C16H21N5O2S. The minimum atomic E-state index is -0.212. The first kappa shape index (κ1) is 16.8. The van der Waals surface area contributed by atoms with Crippen molar-refractivity contribution >= 4 is 17.2 Å². The molecule has 0 aromatic carbocycles. The Bertz CT molecular complexity index is 763. The van der Waals surface area contributed by atoms with Crippen LogP contribution in [0.5, 0.6) is 0 Å². The Labute approximate surface area is 144 Å². The maximum atomic E-state index is 12.5. The molecule has 0 atom stereocenters. The predicted molar refractivity (Wildman–Crippen MR) is 92.0 cm³/mol. The summed E-state index contributed by atoms with van der Waals surface area (Å²) in [6.07, 6.45) is 0.112. The smallest absolute Gasteiger partial charge is 0.254 e. The Hall–Kier alpha value is -2.06. The number of aromatic amines is 1. The van der Waals surface area contributed by atoms with Gasteiger partial charge in [-0.05, 0) is 13.8 Å². The van der Waals surface area contributed by atoms with Crippen molar-refractivity contribution in [3.63, 3.8) is 0 Å². The molecule has 1 N–H and O–H groups in total. The van der Waals surface area contributed by atoms with Gasteiger partial charge in [0.25, 0.3) is 5.56 Å². The van der Waals surface area contributed by atoms with Crippen LogP contribution in [0.1, 0.15) is 22.8 Å². The van der Waals surface area contributed by atoms with Crippen molar-refractivity contribution in [2.24, 2.45) is 0 Å². The minimum Gasteiger partial charge on any atom is -0.340 e. The largest absolute Gasteiger partial charge is 0.340 e. The van der Waals surface area contributed by atoms with E-state index >= 15 is 0 Å². The van der Waals surface area contributed by atoms with E-state index in [1.54, 1.807) is 25.2 Å². The number of hydrogen-bond donors (Lipinski definition) is 1. The highest BCUT2D eigenvalue weighted by molar-refractivity contribution is 7.07. The molecule has 3 heterocycles. The topological polar surface area (TPSA) is 82.2 Å². The van der Waals surface area contributed by atoms with Crippen LogP contribution >= 0.6 is 11.3 Å². The van der Waals surface area contributed by atoms with Gasteiger partial charge in [-0.1, -0.05) is 0 Å². The summed E-state index contributed by atoms with van der Waals surface area (Å²) in [7, 11) is 0. The number of thiazole rings is 1. The number of nitrogens with zero attached hydrogens (tertiary/aromatic N) is 4. The van der Waals surface area contributed by atoms with Crippen molar-refractivity contribution < 1.29 is 4.79 Å². The zero-order valence-electron chi connectivity index (χ0n) is 13.9. The molecule has 0 bridgehead atoms. The summed E-state index contributed by atoms with van der Waals surface area (Å²) in [6, 6.07) is 0. The van der Waals surface area contributed by atoms with E-state index in [9.17, 15) is 9.59 Å². The maximum absolute atomic E-state index is 12.5. The normalized spacial score (nSPS) is 15.7. The third-order valence-corrected chi connectivity index (χ3v) is 4.90. The second-order valence-electron chi connectivity index (χ2n) is 6.03. The molecule has 0 spiro atoms. The summed E-state index contributed by atoms with van der Waals surface area (Å²) in [5, 5.41) is 2.05. The van der Waals surface area contributed by atoms with E-state index < -0.39 is 0 Å². The van der Waals surface area contributed by atoms with E-state index in [1.165, 1.54) is 0 Å². The lowest BCUT2D eigenvalue weighted by Gasteiger charge is -2.34. The Morgan fingerprint density at radius 1 is 1.29 bits per heavy atom. The first-order valence-corrected chi connectivity index (χ1v) is 8.91. The third-order valence-electron chi connectivity index (χ3n) is 4.26. The van der Waals surface area contributed by atoms with Crippen molar-refractivity contribution in [2.45, 2.75) is 26.8 Å². The lowest BCUT2D eigenvalue weighted by Crippen LogP contribution is -2.49. The monoisotopic (exact) mass is 347 g/mol. The van der Waals surface area contributed by atoms with Crippen molar-refractivity contribution in [3.8, 4) is 0 Å². The third kappa shape index (κ3) is 3.88. The first-order chi connectivity index (χ1) is 11.5. The van der Waals surface area contributed by atoms with Crippen LogP contribution in [0.3, 0.4) is 0 Å². The van der Waals surface area contributed by atoms with Gasteiger partial charge in [-0.25, -0.2) is 9.97 Å². The molecule has 1 amide bonds. The van der Waals surface area contributed by atoms with Gasteiger partial charge in [0.15, 0.2) is 0 Å². The maximum Gasteiger partial charge on any atom is 0.254 e. The van der Waals surface area contributed by atoms with Gasteiger partial charge in [0.1, 0.15) is 5.82 Å². The number of amides is 1. The summed E-state index contributed by atoms with van der Waals surface area (Å²) in [4.78, 5) is 39.9. The van der Waals surface area contributed by atoms with Gasteiger partial charge in [-0.3, -0.25) is 14.5 Å². The summed E-state index contributed by atoms with van der Waals surface area (Å²) in [5.41, 5.74) is 3.80. The molecule has 1 fully saturated rings. The number of carbonyl (C=O) groups is 1. The molecule has 128 valence electrons. The molecule has 0 radical (unpaired) electrons. The number of rotatable bonds is 4. The highest BCUT2D eigenvalue weighted by Crippen LogP contribution is 2.10. The second-order valence-corrected chi connectivity index (χ2v) is 6.75. The number of hydrogen-bond acceptors (Lipinski definition) is 6. The Morgan fingerprint density at radius 3 is 2.67 bits per heavy atom. The number of carbonyl (C=O) groups excluding carboxylic acids is 1. The summed E-state index contributed by atoms with van der Waals surface area (Å²) in [6.45, 7) is 7.35. The Balaban J connectivity index is 1.57. The fourth-order valence-corrected chi connectivity index (χ4v) is 3.47. The molecule has 24 heavy (non-hydrogen) atoms. The van der Waals surface area contributed by atoms with Gasteiger partial charge in [0.05, 0.1) is 17.6 Å². The second kappa shape index (κ2) is 7.23. The number of aromatic nitrogens is 3. The van der Waals surface area contributed by atoms with E-state index in [1.807, 2.05) is 10.4 Å². The van der Waals surface area contributed by atoms with E-state index in [2.05, 4.69) is 25.2 Å². The molecule has 1 saturated heterocycles. The molecular weight excluding hydrogens is 326 g/mol. The molecule has 0 saturated carbocycles. The van der Waals surface area contributed by atoms with E-state index in [4.69, 9.17) is 0 Å². The molecule has 1 aliphatic rings. The van der Waals surface area contributed by atoms with Gasteiger partial charge < -0.3 is 9.88 Å². The zero-order valence-corrected chi connectivity index (χ0v) is 14.7. The number of piperazine rings is 1. The lowest BCUT2D eigenvalue weighted by atomic mass is 10.1. The van der Waals surface area contributed by atoms with Crippen LogP contribution in [0.2, 0.25) is 0 Å². The van der Waals surface area contributed by atoms with Crippen molar-refractivity contribution in [1.29, 1.82) is 0 Å². The van der Waals surface area contributed by atoms with Gasteiger partial charge in [0, 0.05) is 49.4 Å². The average Bonchev–Trinajstić information content (AvgIpc) is 3.04. The Morgan fingerprint density at radius 2 is 2.04 bits per heavy atom. The van der Waals surface area contributed by atoms with Crippen LogP contribution in [-0.4, -0.2) is 56.8 Å². The van der Waals surface area contributed by atoms with Crippen LogP contribution in [0.25, 0.3) is 0 Å². The lowest BCUT2D eigenvalue weighted by molar-refractivity contribution is -0.132. The van der Waals surface area contributed by atoms with Crippen molar-refractivity contribution in [2.75, 3.05) is 26.2 Å². The number of H-pyrrole nitrogens is 1. The molecule has 2 aromatic heterocycles. The van der Waals surface area contributed by atoms with Gasteiger partial charge in [-0.2, -0.15) is 0 Å². The molecule has 3 rings (SSSR count). The van der Waals surface area contributed by atoms with Crippen LogP contribution < -0.4 is 5.56 Å². The van der Waals surface area contributed by atoms with Gasteiger partial charge in [-0.15, -0.1) is 11.3 Å². The van der Waals surface area contributed by atoms with E-state index in [0.717, 1.165) is 25.3 Å². The van der Waals surface area contributed by atoms with Crippen molar-refractivity contribution in [3.05, 3.63) is 44.0 Å². The van der Waals surface area contributed by atoms with Gasteiger partial charge in [0.2, 0.25) is 5.91 Å². The standard InChI is InChI=1S/C16H21N5O2S/c1-11-14(16(23)19-12(2)18-11)7-15(22)21-5-3-20(4-6-21)8-13-9-24-10-17-13/h9-10H,3-8H2,1-2H3,(H,18,19,23). The molecule has 0 aliphatic carbocycles. The Kier molecular flexibility index (Phi) is 5.06. The van der Waals surface area contributed by atoms with Crippen LogP contribution in [0.4, 0.5) is 0 Å². The highest BCUT2D eigenvalue weighted by atomic mass is 32.1. The van der Waals surface area contributed by atoms with E-state index in [-0.39, 0.29) is 17.9 Å². The summed E-state index contributed by atoms with van der Waals surface area (Å²) < 4.78 is 0. The van der Waals surface area contributed by atoms with Crippen LogP contribution in [0.15, 0.2) is 15.7 Å². The molecule has 0 unspecified atom stereocenters. The SMILES string of the molecule is Cc1nc(C)c(CC(=O)N2CCN(Cc3cscn3)CC2)c(=O)[nH]1. The van der Waals surface area contributed by atoms with Gasteiger partial charge >= 0.3 is 0 Å². The fraction of sp³-hybridized carbons (Fsp3) is 0.500. The van der Waals surface area contributed by atoms with E-state index in [0.29, 0.717) is 30.2 Å². The van der Waals surface area contributed by atoms with Crippen LogP contribution in [0, 0.1) is 13.8 Å². The summed E-state index contributed by atoms with van der Waals surface area (Å²) >= 11 is 1.60. The molecule has 1 aliphatic heterocycles. The van der Waals surface area contributed by atoms with Crippen molar-refractivity contribution in [1.82, 2.24) is 24.8 Å². The molecule has 8 heteroatoms. The molecule has 7 nitrogen and oxygen atoms in total. The zero-order chi connectivity index (χ0) is 17.1. The first-order valence-electron chi connectivity index (χ1n) is 7.96. The predicted octanol–water partition coefficient (Wildman–Crippen LogP) is 0.730. The quantitative estimate of drug-likeness (QED) is 0.882. The average molecular weight is 347 g/mol. The minimum absolute atomic E-state index is 0.0115. The molecule has 2 aromatic rings. The van der Waals surface area contributed by atoms with Crippen LogP contribution in [-0.2, 0) is 17.8 Å². The fourth-order valence-electron chi connectivity index (χ4n) is 2.92. The number of aryl methyl sites for hydroxylation is 2. The number of nitrogens with one attached hydrogen (secondary N) is 1.